The van der Waals surface area contributed by atoms with Gasteiger partial charge in [0, 0.05) is 58.7 Å². The van der Waals surface area contributed by atoms with Crippen LogP contribution in [0.5, 0.6) is 0 Å². The third-order valence-electron chi connectivity index (χ3n) is 9.87. The first-order valence-electron chi connectivity index (χ1n) is 16.9. The number of rotatable bonds is 4. The van der Waals surface area contributed by atoms with Crippen LogP contribution in [0, 0.1) is 0 Å². The van der Waals surface area contributed by atoms with Gasteiger partial charge in [-0.3, -0.25) is 0 Å². The summed E-state index contributed by atoms with van der Waals surface area (Å²) in [6.45, 7) is 0. The van der Waals surface area contributed by atoms with E-state index in [0.29, 0.717) is 17.5 Å². The van der Waals surface area contributed by atoms with Crippen molar-refractivity contribution in [3.63, 3.8) is 0 Å². The van der Waals surface area contributed by atoms with Crippen molar-refractivity contribution in [3.8, 4) is 39.9 Å². The van der Waals surface area contributed by atoms with E-state index in [1.807, 2.05) is 53.8 Å². The van der Waals surface area contributed by atoms with E-state index in [1.54, 1.807) is 0 Å². The lowest BCUT2D eigenvalue weighted by Crippen LogP contribution is -2.00. The molecule has 0 unspecified atom stereocenters. The van der Waals surface area contributed by atoms with Gasteiger partial charge in [-0.25, -0.2) is 15.0 Å². The minimum absolute atomic E-state index is 0.631. The Labute approximate surface area is 295 Å². The van der Waals surface area contributed by atoms with E-state index in [2.05, 4.69) is 120 Å². The number of hydrogen-bond donors (Lipinski definition) is 0. The minimum atomic E-state index is 0.631. The van der Waals surface area contributed by atoms with E-state index >= 15 is 0 Å². The van der Waals surface area contributed by atoms with Gasteiger partial charge in [-0.15, -0.1) is 11.3 Å². The molecule has 0 radical (unpaired) electrons. The van der Waals surface area contributed by atoms with Crippen LogP contribution in [0.1, 0.15) is 0 Å². The molecule has 0 N–H and O–H groups in total. The van der Waals surface area contributed by atoms with Crippen molar-refractivity contribution < 1.29 is 4.42 Å². The van der Waals surface area contributed by atoms with Gasteiger partial charge in [-0.2, -0.15) is 0 Å². The van der Waals surface area contributed by atoms with Gasteiger partial charge >= 0.3 is 0 Å². The summed E-state index contributed by atoms with van der Waals surface area (Å²) in [5.41, 5.74) is 7.92. The predicted molar refractivity (Wildman–Crippen MR) is 211 cm³/mol. The highest BCUT2D eigenvalue weighted by molar-refractivity contribution is 7.25. The molecule has 0 saturated carbocycles. The summed E-state index contributed by atoms with van der Waals surface area (Å²) in [6, 6.07) is 54.9. The average molecular weight is 671 g/mol. The molecule has 4 heterocycles. The zero-order chi connectivity index (χ0) is 33.5. The van der Waals surface area contributed by atoms with Gasteiger partial charge in [-0.05, 0) is 72.8 Å². The van der Waals surface area contributed by atoms with Crippen LogP contribution in [0.2, 0.25) is 0 Å². The Morgan fingerprint density at radius 1 is 0.431 bits per heavy atom. The third kappa shape index (κ3) is 4.37. The van der Waals surface area contributed by atoms with Crippen molar-refractivity contribution >= 4 is 75.3 Å². The monoisotopic (exact) mass is 670 g/mol. The fraction of sp³-hybridized carbons (Fsp3) is 0. The van der Waals surface area contributed by atoms with E-state index in [9.17, 15) is 0 Å². The highest BCUT2D eigenvalue weighted by atomic mass is 32.1. The van der Waals surface area contributed by atoms with Crippen LogP contribution in [0.25, 0.3) is 104 Å². The largest absolute Gasteiger partial charge is 0.455 e. The quantitative estimate of drug-likeness (QED) is 0.187. The second-order valence-corrected chi connectivity index (χ2v) is 13.9. The van der Waals surface area contributed by atoms with Crippen molar-refractivity contribution in [2.24, 2.45) is 0 Å². The Bertz CT molecular complexity index is 3140. The maximum Gasteiger partial charge on any atom is 0.164 e. The molecule has 11 rings (SSSR count). The molecule has 4 aromatic heterocycles. The van der Waals surface area contributed by atoms with Crippen LogP contribution < -0.4 is 0 Å². The van der Waals surface area contributed by atoms with Crippen LogP contribution in [0.4, 0.5) is 0 Å². The lowest BCUT2D eigenvalue weighted by molar-refractivity contribution is 0.673. The number of para-hydroxylation sites is 2. The molecular formula is C45H26N4OS. The number of fused-ring (bicyclic) bond motifs is 10. The topological polar surface area (TPSA) is 56.7 Å². The summed E-state index contributed by atoms with van der Waals surface area (Å²) in [6.07, 6.45) is 0. The Balaban J connectivity index is 1.07. The first-order valence-corrected chi connectivity index (χ1v) is 17.8. The lowest BCUT2D eigenvalue weighted by Gasteiger charge is -2.11. The first-order chi connectivity index (χ1) is 25.3. The molecule has 51 heavy (non-hydrogen) atoms. The Morgan fingerprint density at radius 2 is 1.06 bits per heavy atom. The molecular weight excluding hydrogens is 645 g/mol. The van der Waals surface area contributed by atoms with Gasteiger partial charge in [0.15, 0.2) is 17.5 Å². The number of benzene rings is 7. The van der Waals surface area contributed by atoms with Crippen LogP contribution in [0.15, 0.2) is 162 Å². The maximum absolute atomic E-state index is 6.50. The van der Waals surface area contributed by atoms with Crippen molar-refractivity contribution in [2.45, 2.75) is 0 Å². The van der Waals surface area contributed by atoms with E-state index in [-0.39, 0.29) is 0 Å². The SMILES string of the molecule is c1ccc(-c2nc(-c3ccc(-n4c5ccccc5c5c6oc7ccccc7c6ccc54)cc3)nc(-c3ccc4sc5ccccc5c4c3)n2)cc1. The van der Waals surface area contributed by atoms with Gasteiger partial charge in [0.1, 0.15) is 11.2 Å². The van der Waals surface area contributed by atoms with Crippen molar-refractivity contribution in [3.05, 3.63) is 158 Å². The van der Waals surface area contributed by atoms with Crippen molar-refractivity contribution in [1.29, 1.82) is 0 Å². The molecule has 0 amide bonds. The third-order valence-corrected chi connectivity index (χ3v) is 11.0. The number of aromatic nitrogens is 4. The maximum atomic E-state index is 6.50. The molecule has 11 aromatic rings. The van der Waals surface area contributed by atoms with Gasteiger partial charge in [0.25, 0.3) is 0 Å². The molecule has 0 aliphatic carbocycles. The van der Waals surface area contributed by atoms with E-state index in [4.69, 9.17) is 19.4 Å². The second kappa shape index (κ2) is 10.9. The number of hydrogen-bond acceptors (Lipinski definition) is 5. The van der Waals surface area contributed by atoms with Crippen LogP contribution in [-0.4, -0.2) is 19.5 Å². The molecule has 0 aliphatic heterocycles. The fourth-order valence-electron chi connectivity index (χ4n) is 7.49. The molecule has 0 aliphatic rings. The van der Waals surface area contributed by atoms with Crippen LogP contribution in [-0.2, 0) is 0 Å². The van der Waals surface area contributed by atoms with E-state index < -0.39 is 0 Å². The molecule has 0 spiro atoms. The lowest BCUT2D eigenvalue weighted by atomic mass is 10.1. The molecule has 238 valence electrons. The second-order valence-electron chi connectivity index (χ2n) is 12.8. The zero-order valence-corrected chi connectivity index (χ0v) is 27.9. The summed E-state index contributed by atoms with van der Waals surface area (Å²) < 4.78 is 11.3. The van der Waals surface area contributed by atoms with Crippen LogP contribution in [0.3, 0.4) is 0 Å². The minimum Gasteiger partial charge on any atom is -0.455 e. The van der Waals surface area contributed by atoms with Gasteiger partial charge in [0.2, 0.25) is 0 Å². The predicted octanol–water partition coefficient (Wildman–Crippen LogP) is 12.2. The summed E-state index contributed by atoms with van der Waals surface area (Å²) in [5.74, 6) is 1.93. The molecule has 0 atom stereocenters. The molecule has 0 bridgehead atoms. The molecule has 6 heteroatoms. The Kier molecular flexibility index (Phi) is 6.05. The summed E-state index contributed by atoms with van der Waals surface area (Å²) in [7, 11) is 0. The molecule has 7 aromatic carbocycles. The highest BCUT2D eigenvalue weighted by Crippen LogP contribution is 2.41. The number of nitrogens with zero attached hydrogens (tertiary/aromatic N) is 4. The normalized spacial score (nSPS) is 11.9. The summed E-state index contributed by atoms with van der Waals surface area (Å²) in [5, 5.41) is 7.00. The van der Waals surface area contributed by atoms with Crippen molar-refractivity contribution in [2.75, 3.05) is 0 Å². The van der Waals surface area contributed by atoms with Gasteiger partial charge in [0.05, 0.1) is 16.4 Å². The van der Waals surface area contributed by atoms with E-state index in [0.717, 1.165) is 66.1 Å². The van der Waals surface area contributed by atoms with Crippen LogP contribution >= 0.6 is 11.3 Å². The average Bonchev–Trinajstić information content (AvgIpc) is 3.87. The number of thiophene rings is 1. The Morgan fingerprint density at radius 3 is 1.88 bits per heavy atom. The molecule has 0 saturated heterocycles. The Hall–Kier alpha value is -6.63. The fourth-order valence-corrected chi connectivity index (χ4v) is 8.57. The van der Waals surface area contributed by atoms with Gasteiger partial charge < -0.3 is 8.98 Å². The summed E-state index contributed by atoms with van der Waals surface area (Å²) >= 11 is 1.81. The standard InChI is InChI=1S/C45H26N4OS/c1-2-10-27(11-3-1)43-46-44(48-45(47-43)29-20-25-40-35(26-29)32-13-6-9-17-39(32)51-40)28-18-21-30(22-19-28)49-36-15-7-4-14-34(36)41-37(49)24-23-33-31-12-5-8-16-38(31)50-42(33)41/h1-26H. The molecule has 0 fully saturated rings. The highest BCUT2D eigenvalue weighted by Gasteiger charge is 2.19. The van der Waals surface area contributed by atoms with Gasteiger partial charge in [-0.1, -0.05) is 84.9 Å². The molecule has 5 nitrogen and oxygen atoms in total. The summed E-state index contributed by atoms with van der Waals surface area (Å²) in [4.78, 5) is 15.1. The zero-order valence-electron chi connectivity index (χ0n) is 27.1. The first kappa shape index (κ1) is 28.2. The smallest absolute Gasteiger partial charge is 0.164 e. The number of furan rings is 1. The van der Waals surface area contributed by atoms with Crippen molar-refractivity contribution in [1.82, 2.24) is 19.5 Å². The van der Waals surface area contributed by atoms with E-state index in [1.165, 1.54) is 20.2 Å².